The third-order valence-electron chi connectivity index (χ3n) is 17.5. The first kappa shape index (κ1) is 87.7. The van der Waals surface area contributed by atoms with E-state index < -0.39 is 26.5 Å². The van der Waals surface area contributed by atoms with Gasteiger partial charge in [0.05, 0.1) is 27.7 Å². The van der Waals surface area contributed by atoms with Gasteiger partial charge in [0.25, 0.3) is 7.82 Å². The average Bonchev–Trinajstić information content (AvgIpc) is 3.58. The Bertz CT molecular complexity index is 1700. The number of nitrogens with zero attached hydrogens (tertiary/aromatic N) is 1. The van der Waals surface area contributed by atoms with Crippen molar-refractivity contribution in [3.8, 4) is 0 Å². The van der Waals surface area contributed by atoms with Crippen molar-refractivity contribution in [1.29, 1.82) is 0 Å². The predicted molar refractivity (Wildman–Crippen MR) is 388 cm³/mol. The molecule has 0 radical (unpaired) electrons. The molecular weight excluding hydrogens is 1130 g/mol. The molecule has 0 spiro atoms. The maximum absolute atomic E-state index is 12.9. The van der Waals surface area contributed by atoms with Crippen molar-refractivity contribution in [2.75, 3.05) is 47.5 Å². The Morgan fingerprint density at radius 1 is 0.344 bits per heavy atom. The fourth-order valence-electron chi connectivity index (χ4n) is 11.5. The van der Waals surface area contributed by atoms with Crippen molar-refractivity contribution in [3.63, 3.8) is 0 Å². The molecule has 0 aromatic heterocycles. The first-order chi connectivity index (χ1) is 44.0. The van der Waals surface area contributed by atoms with E-state index in [0.717, 1.165) is 57.8 Å². The molecule has 0 aliphatic rings. The number of hydrogen-bond donors (Lipinski definition) is 0. The van der Waals surface area contributed by atoms with Crippen molar-refractivity contribution in [1.82, 2.24) is 0 Å². The molecule has 10 heteroatoms. The van der Waals surface area contributed by atoms with Crippen LogP contribution in [0.15, 0.2) is 60.8 Å². The van der Waals surface area contributed by atoms with E-state index in [1.54, 1.807) is 0 Å². The predicted octanol–water partition coefficient (Wildman–Crippen LogP) is 25.1. The van der Waals surface area contributed by atoms with E-state index in [0.29, 0.717) is 17.4 Å². The molecule has 90 heavy (non-hydrogen) atoms. The van der Waals surface area contributed by atoms with Gasteiger partial charge < -0.3 is 27.9 Å². The maximum Gasteiger partial charge on any atom is 0.306 e. The van der Waals surface area contributed by atoms with Crippen molar-refractivity contribution >= 4 is 19.8 Å². The van der Waals surface area contributed by atoms with E-state index in [4.69, 9.17) is 18.5 Å². The van der Waals surface area contributed by atoms with Gasteiger partial charge in [0.1, 0.15) is 19.8 Å². The van der Waals surface area contributed by atoms with Crippen molar-refractivity contribution in [2.45, 2.75) is 392 Å². The monoisotopic (exact) mass is 1280 g/mol. The third-order valence-corrected chi connectivity index (χ3v) is 18.5. The highest BCUT2D eigenvalue weighted by molar-refractivity contribution is 7.45. The first-order valence-corrected chi connectivity index (χ1v) is 40.5. The number of likely N-dealkylation sites (N-methyl/N-ethyl adjacent to an activating group) is 1. The fourth-order valence-corrected chi connectivity index (χ4v) is 12.3. The normalized spacial score (nSPS) is 13.4. The minimum Gasteiger partial charge on any atom is -0.756 e. The molecule has 0 aromatic carbocycles. The molecule has 0 aliphatic heterocycles. The van der Waals surface area contributed by atoms with Gasteiger partial charge in [-0.3, -0.25) is 14.2 Å². The van der Waals surface area contributed by atoms with Crippen molar-refractivity contribution in [3.05, 3.63) is 60.8 Å². The number of allylic oxidation sites excluding steroid dienone is 10. The van der Waals surface area contributed by atoms with Crippen LogP contribution in [-0.2, 0) is 32.7 Å². The number of ether oxygens (including phenoxy) is 2. The summed E-state index contributed by atoms with van der Waals surface area (Å²) in [5.74, 6) is -0.813. The standard InChI is InChI=1S/C80H150NO8P/c1-6-8-10-12-14-16-18-20-22-24-26-28-30-32-34-36-38-39-40-41-43-44-46-48-50-52-54-56-58-60-62-64-66-68-70-72-79(82)86-76-78(77-88-90(84,85)87-75-74-81(3,4)5)89-80(83)73-71-69-67-65-63-61-59-57-55-53-51-49-47-45-42-37-35-33-31-29-27-25-23-21-19-17-15-13-11-9-7-2/h18-21,24-27,31,33,78H,6-17,22-23,28-30,32,34-77H2,1-5H3/b20-18-,21-19-,26-24-,27-25-,33-31-. The molecule has 0 saturated heterocycles. The lowest BCUT2D eigenvalue weighted by Crippen LogP contribution is -2.37. The Balaban J connectivity index is 3.94. The van der Waals surface area contributed by atoms with Gasteiger partial charge in [-0.05, 0) is 83.5 Å². The van der Waals surface area contributed by atoms with E-state index in [1.165, 1.54) is 295 Å². The van der Waals surface area contributed by atoms with Gasteiger partial charge in [-0.25, -0.2) is 0 Å². The maximum atomic E-state index is 12.9. The van der Waals surface area contributed by atoms with Crippen molar-refractivity contribution in [2.24, 2.45) is 0 Å². The molecule has 0 amide bonds. The Morgan fingerprint density at radius 3 is 0.889 bits per heavy atom. The zero-order chi connectivity index (χ0) is 65.5. The van der Waals surface area contributed by atoms with Crippen molar-refractivity contribution < 1.29 is 42.1 Å². The zero-order valence-corrected chi connectivity index (χ0v) is 61.2. The van der Waals surface area contributed by atoms with Gasteiger partial charge in [0, 0.05) is 12.8 Å². The summed E-state index contributed by atoms with van der Waals surface area (Å²) in [6, 6.07) is 0. The number of esters is 2. The smallest absolute Gasteiger partial charge is 0.306 e. The summed E-state index contributed by atoms with van der Waals surface area (Å²) in [4.78, 5) is 38.2. The van der Waals surface area contributed by atoms with E-state index in [2.05, 4.69) is 74.6 Å². The van der Waals surface area contributed by atoms with Crippen LogP contribution < -0.4 is 4.89 Å². The molecule has 0 aromatic rings. The summed E-state index contributed by atoms with van der Waals surface area (Å²) in [6.07, 6.45) is 94.8. The van der Waals surface area contributed by atoms with Gasteiger partial charge in [0.2, 0.25) is 0 Å². The van der Waals surface area contributed by atoms with Crippen LogP contribution in [0.2, 0.25) is 0 Å². The summed E-state index contributed by atoms with van der Waals surface area (Å²) in [5.41, 5.74) is 0. The molecule has 2 atom stereocenters. The van der Waals surface area contributed by atoms with Gasteiger partial charge in [-0.1, -0.05) is 351 Å². The Hall–Kier alpha value is -2.29. The molecule has 0 fully saturated rings. The molecule has 528 valence electrons. The second kappa shape index (κ2) is 71.0. The third kappa shape index (κ3) is 74.7. The summed E-state index contributed by atoms with van der Waals surface area (Å²) in [5, 5.41) is 0. The van der Waals surface area contributed by atoms with Crippen LogP contribution in [0.25, 0.3) is 0 Å². The first-order valence-electron chi connectivity index (χ1n) is 39.0. The summed E-state index contributed by atoms with van der Waals surface area (Å²) in [6.45, 7) is 4.28. The SMILES string of the molecule is CCCCCCC/C=C\C/C=C\C/C=C\CCCCCCCCCCCCCCCCCCC(=O)OC(COC(=O)CCCCCCCCCCCCCCCCCCCCCCCCC/C=C\C/C=C\CCCCCCC)COP(=O)([O-])OCC[N+](C)(C)C. The lowest BCUT2D eigenvalue weighted by Gasteiger charge is -2.28. The van der Waals surface area contributed by atoms with Crippen LogP contribution in [0.5, 0.6) is 0 Å². The van der Waals surface area contributed by atoms with Crippen LogP contribution in [0, 0.1) is 0 Å². The second-order valence-electron chi connectivity index (χ2n) is 27.7. The zero-order valence-electron chi connectivity index (χ0n) is 60.4. The van der Waals surface area contributed by atoms with Crippen LogP contribution in [0.4, 0.5) is 0 Å². The number of carbonyl (C=O) groups excluding carboxylic acids is 2. The second-order valence-corrected chi connectivity index (χ2v) is 29.1. The minimum atomic E-state index is -4.64. The molecule has 9 nitrogen and oxygen atoms in total. The Kier molecular flexibility index (Phi) is 69.2. The number of rotatable bonds is 73. The van der Waals surface area contributed by atoms with Crippen LogP contribution in [-0.4, -0.2) is 70.0 Å². The number of hydrogen-bond acceptors (Lipinski definition) is 8. The molecule has 0 heterocycles. The molecular formula is C80H150NO8P. The highest BCUT2D eigenvalue weighted by atomic mass is 31.2. The summed E-state index contributed by atoms with van der Waals surface area (Å²) >= 11 is 0. The number of phosphoric ester groups is 1. The van der Waals surface area contributed by atoms with Gasteiger partial charge in [-0.15, -0.1) is 0 Å². The van der Waals surface area contributed by atoms with E-state index >= 15 is 0 Å². The van der Waals surface area contributed by atoms with E-state index in [9.17, 15) is 19.0 Å². The van der Waals surface area contributed by atoms with E-state index in [1.807, 2.05) is 21.1 Å². The van der Waals surface area contributed by atoms with Crippen LogP contribution in [0.3, 0.4) is 0 Å². The number of phosphoric acid groups is 1. The quantitative estimate of drug-likeness (QED) is 0.0195. The van der Waals surface area contributed by atoms with Gasteiger partial charge >= 0.3 is 11.9 Å². The topological polar surface area (TPSA) is 111 Å². The Labute approximate surface area is 559 Å². The lowest BCUT2D eigenvalue weighted by molar-refractivity contribution is -0.870. The van der Waals surface area contributed by atoms with Gasteiger partial charge in [0.15, 0.2) is 6.10 Å². The number of carbonyl (C=O) groups is 2. The highest BCUT2D eigenvalue weighted by Crippen LogP contribution is 2.38. The number of unbranched alkanes of at least 4 members (excludes halogenated alkanes) is 49. The Morgan fingerprint density at radius 2 is 0.600 bits per heavy atom. The number of quaternary nitrogens is 1. The largest absolute Gasteiger partial charge is 0.756 e. The molecule has 0 aliphatic carbocycles. The highest BCUT2D eigenvalue weighted by Gasteiger charge is 2.22. The molecule has 0 rings (SSSR count). The van der Waals surface area contributed by atoms with Crippen LogP contribution >= 0.6 is 7.82 Å². The molecule has 0 bridgehead atoms. The van der Waals surface area contributed by atoms with Crippen LogP contribution in [0.1, 0.15) is 386 Å². The molecule has 0 N–H and O–H groups in total. The lowest BCUT2D eigenvalue weighted by atomic mass is 10.0. The van der Waals surface area contributed by atoms with Gasteiger partial charge in [-0.2, -0.15) is 0 Å². The average molecular weight is 1290 g/mol. The van der Waals surface area contributed by atoms with E-state index in [-0.39, 0.29) is 32.0 Å². The molecule has 0 saturated carbocycles. The summed E-state index contributed by atoms with van der Waals surface area (Å²) < 4.78 is 34.4. The molecule has 2 unspecified atom stereocenters. The minimum absolute atomic E-state index is 0.0294. The fraction of sp³-hybridized carbons (Fsp3) is 0.850. The summed E-state index contributed by atoms with van der Waals surface area (Å²) in [7, 11) is 1.18.